The predicted molar refractivity (Wildman–Crippen MR) is 125 cm³/mol. The maximum atomic E-state index is 12.9. The molecule has 0 saturated carbocycles. The Morgan fingerprint density at radius 3 is 2.33 bits per heavy atom. The van der Waals surface area contributed by atoms with Crippen molar-refractivity contribution in [2.24, 2.45) is 5.10 Å². The van der Waals surface area contributed by atoms with Crippen molar-refractivity contribution in [3.05, 3.63) is 88.6 Å². The highest BCUT2D eigenvalue weighted by molar-refractivity contribution is 9.10. The molecule has 0 unspecified atom stereocenters. The first-order chi connectivity index (χ1) is 15.9. The second kappa shape index (κ2) is 11.5. The molecule has 3 aromatic rings. The fourth-order valence-electron chi connectivity index (χ4n) is 2.50. The molecule has 0 atom stereocenters. The van der Waals surface area contributed by atoms with Gasteiger partial charge < -0.3 is 15.4 Å². The SMILES string of the molecule is O=C(COc1ccc(/C=N\NC(=O)C(=O)Nc2cccc(Br)c2)cc1)Nc1ccc(F)cc1. The highest BCUT2D eigenvalue weighted by Crippen LogP contribution is 2.15. The maximum Gasteiger partial charge on any atom is 0.329 e. The molecule has 0 aromatic heterocycles. The van der Waals surface area contributed by atoms with E-state index in [2.05, 4.69) is 37.1 Å². The first-order valence-electron chi connectivity index (χ1n) is 9.57. The summed E-state index contributed by atoms with van der Waals surface area (Å²) in [6.45, 7) is -0.228. The van der Waals surface area contributed by atoms with Crippen LogP contribution in [0, 0.1) is 5.82 Å². The van der Waals surface area contributed by atoms with Gasteiger partial charge in [0.05, 0.1) is 6.21 Å². The van der Waals surface area contributed by atoms with Crippen molar-refractivity contribution < 1.29 is 23.5 Å². The average Bonchev–Trinajstić information content (AvgIpc) is 2.80. The molecule has 0 bridgehead atoms. The largest absolute Gasteiger partial charge is 0.484 e. The van der Waals surface area contributed by atoms with E-state index in [1.165, 1.54) is 30.5 Å². The topological polar surface area (TPSA) is 109 Å². The average molecular weight is 513 g/mol. The minimum Gasteiger partial charge on any atom is -0.484 e. The molecular formula is C23H18BrFN4O4. The van der Waals surface area contributed by atoms with Crippen LogP contribution >= 0.6 is 15.9 Å². The van der Waals surface area contributed by atoms with Gasteiger partial charge in [-0.1, -0.05) is 22.0 Å². The molecule has 0 radical (unpaired) electrons. The monoisotopic (exact) mass is 512 g/mol. The number of amides is 3. The Morgan fingerprint density at radius 2 is 1.64 bits per heavy atom. The van der Waals surface area contributed by atoms with Gasteiger partial charge in [-0.25, -0.2) is 9.82 Å². The first-order valence-corrected chi connectivity index (χ1v) is 10.4. The van der Waals surface area contributed by atoms with Crippen LogP contribution in [0.25, 0.3) is 0 Å². The van der Waals surface area contributed by atoms with Crippen molar-refractivity contribution >= 4 is 51.2 Å². The second-order valence-corrected chi connectivity index (χ2v) is 7.49. The molecule has 3 rings (SSSR count). The van der Waals surface area contributed by atoms with Gasteiger partial charge in [-0.3, -0.25) is 14.4 Å². The fraction of sp³-hybridized carbons (Fsp3) is 0.0435. The van der Waals surface area contributed by atoms with Gasteiger partial charge in [0.15, 0.2) is 6.61 Å². The number of carbonyl (C=O) groups is 3. The van der Waals surface area contributed by atoms with E-state index >= 15 is 0 Å². The molecule has 0 saturated heterocycles. The number of anilines is 2. The van der Waals surface area contributed by atoms with Gasteiger partial charge in [-0.2, -0.15) is 5.10 Å². The number of hydrogen-bond acceptors (Lipinski definition) is 5. The molecular weight excluding hydrogens is 495 g/mol. The molecule has 0 aliphatic carbocycles. The lowest BCUT2D eigenvalue weighted by molar-refractivity contribution is -0.136. The zero-order valence-electron chi connectivity index (χ0n) is 17.0. The molecule has 33 heavy (non-hydrogen) atoms. The van der Waals surface area contributed by atoms with Crippen LogP contribution < -0.4 is 20.8 Å². The number of hydrazone groups is 1. The van der Waals surface area contributed by atoms with Crippen molar-refractivity contribution in [1.82, 2.24) is 5.43 Å². The molecule has 3 N–H and O–H groups in total. The van der Waals surface area contributed by atoms with Crippen LogP contribution in [0.1, 0.15) is 5.56 Å². The molecule has 10 heteroatoms. The second-order valence-electron chi connectivity index (χ2n) is 6.58. The van der Waals surface area contributed by atoms with Gasteiger partial charge in [0.25, 0.3) is 5.91 Å². The summed E-state index contributed by atoms with van der Waals surface area (Å²) in [6.07, 6.45) is 1.36. The predicted octanol–water partition coefficient (Wildman–Crippen LogP) is 3.69. The van der Waals surface area contributed by atoms with Crippen molar-refractivity contribution in [3.63, 3.8) is 0 Å². The number of halogens is 2. The zero-order valence-corrected chi connectivity index (χ0v) is 18.6. The van der Waals surface area contributed by atoms with Crippen LogP contribution in [0.4, 0.5) is 15.8 Å². The Hall–Kier alpha value is -4.05. The molecule has 0 aliphatic heterocycles. The van der Waals surface area contributed by atoms with Crippen molar-refractivity contribution in [3.8, 4) is 5.75 Å². The van der Waals surface area contributed by atoms with E-state index in [1.807, 2.05) is 0 Å². The summed E-state index contributed by atoms with van der Waals surface area (Å²) in [4.78, 5) is 35.6. The molecule has 3 aromatic carbocycles. The van der Waals surface area contributed by atoms with Crippen molar-refractivity contribution in [2.75, 3.05) is 17.2 Å². The number of rotatable bonds is 7. The smallest absolute Gasteiger partial charge is 0.329 e. The van der Waals surface area contributed by atoms with E-state index < -0.39 is 23.5 Å². The normalized spacial score (nSPS) is 10.5. The van der Waals surface area contributed by atoms with Crippen LogP contribution in [-0.2, 0) is 14.4 Å². The van der Waals surface area contributed by atoms with E-state index in [0.717, 1.165) is 4.47 Å². The van der Waals surface area contributed by atoms with Crippen LogP contribution in [0.5, 0.6) is 5.75 Å². The van der Waals surface area contributed by atoms with Gasteiger partial charge in [-0.15, -0.1) is 0 Å². The van der Waals surface area contributed by atoms with Gasteiger partial charge in [0, 0.05) is 15.8 Å². The summed E-state index contributed by atoms with van der Waals surface area (Å²) in [5.74, 6) is -2.11. The molecule has 168 valence electrons. The van der Waals surface area contributed by atoms with E-state index in [0.29, 0.717) is 22.7 Å². The zero-order chi connectivity index (χ0) is 23.6. The minimum atomic E-state index is -0.918. The summed E-state index contributed by atoms with van der Waals surface area (Å²) in [6, 6.07) is 18.8. The lowest BCUT2D eigenvalue weighted by Crippen LogP contribution is -2.32. The number of carbonyl (C=O) groups excluding carboxylic acids is 3. The molecule has 0 spiro atoms. The van der Waals surface area contributed by atoms with Gasteiger partial charge in [0.1, 0.15) is 11.6 Å². The van der Waals surface area contributed by atoms with Crippen molar-refractivity contribution in [1.29, 1.82) is 0 Å². The molecule has 0 fully saturated rings. The number of hydrogen-bond donors (Lipinski definition) is 3. The molecule has 3 amide bonds. The minimum absolute atomic E-state index is 0.228. The number of nitrogens with one attached hydrogen (secondary N) is 3. The third kappa shape index (κ3) is 7.86. The maximum absolute atomic E-state index is 12.9. The van der Waals surface area contributed by atoms with Crippen LogP contribution in [0.3, 0.4) is 0 Å². The van der Waals surface area contributed by atoms with Gasteiger partial charge >= 0.3 is 11.8 Å². The lowest BCUT2D eigenvalue weighted by Gasteiger charge is -2.07. The first kappa shape index (κ1) is 23.6. The summed E-state index contributed by atoms with van der Waals surface area (Å²) >= 11 is 3.28. The van der Waals surface area contributed by atoms with E-state index in [9.17, 15) is 18.8 Å². The lowest BCUT2D eigenvalue weighted by atomic mass is 10.2. The third-order valence-electron chi connectivity index (χ3n) is 4.05. The highest BCUT2D eigenvalue weighted by Gasteiger charge is 2.12. The van der Waals surface area contributed by atoms with E-state index in [1.54, 1.807) is 48.5 Å². The summed E-state index contributed by atoms with van der Waals surface area (Å²) in [5.41, 5.74) is 3.71. The number of benzene rings is 3. The molecule has 0 aliphatic rings. The Bertz CT molecular complexity index is 1170. The fourth-order valence-corrected chi connectivity index (χ4v) is 2.90. The molecule has 8 nitrogen and oxygen atoms in total. The van der Waals surface area contributed by atoms with Crippen LogP contribution in [-0.4, -0.2) is 30.5 Å². The standard InChI is InChI=1S/C23H18BrFN4O4/c24-16-2-1-3-19(12-16)28-22(31)23(32)29-26-13-15-4-10-20(11-5-15)33-14-21(30)27-18-8-6-17(25)7-9-18/h1-13H,14H2,(H,27,30)(H,28,31)(H,29,32)/b26-13-. The Balaban J connectivity index is 1.42. The van der Waals surface area contributed by atoms with Crippen molar-refractivity contribution in [2.45, 2.75) is 0 Å². The van der Waals surface area contributed by atoms with Gasteiger partial charge in [-0.05, 0) is 72.3 Å². The number of ether oxygens (including phenoxy) is 1. The summed E-state index contributed by atoms with van der Waals surface area (Å²) in [7, 11) is 0. The molecule has 0 heterocycles. The van der Waals surface area contributed by atoms with E-state index in [-0.39, 0.29) is 6.61 Å². The Kier molecular flexibility index (Phi) is 8.25. The van der Waals surface area contributed by atoms with Crippen LogP contribution in [0.15, 0.2) is 82.4 Å². The quantitative estimate of drug-likeness (QED) is 0.254. The highest BCUT2D eigenvalue weighted by atomic mass is 79.9. The third-order valence-corrected chi connectivity index (χ3v) is 4.54. The number of nitrogens with zero attached hydrogens (tertiary/aromatic N) is 1. The summed E-state index contributed by atoms with van der Waals surface area (Å²) in [5, 5.41) is 8.80. The summed E-state index contributed by atoms with van der Waals surface area (Å²) < 4.78 is 19.0. The van der Waals surface area contributed by atoms with Gasteiger partial charge in [0.2, 0.25) is 0 Å². The Morgan fingerprint density at radius 1 is 0.909 bits per heavy atom. The van der Waals surface area contributed by atoms with Crippen LogP contribution in [0.2, 0.25) is 0 Å². The van der Waals surface area contributed by atoms with E-state index in [4.69, 9.17) is 4.74 Å². The Labute approximate surface area is 197 Å².